The summed E-state index contributed by atoms with van der Waals surface area (Å²) in [6.07, 6.45) is 4.06. The molecule has 0 aromatic heterocycles. The van der Waals surface area contributed by atoms with E-state index in [2.05, 4.69) is 5.32 Å². The van der Waals surface area contributed by atoms with Gasteiger partial charge in [0.2, 0.25) is 11.8 Å². The molecule has 0 bridgehead atoms. The molecule has 1 aliphatic carbocycles. The van der Waals surface area contributed by atoms with Crippen LogP contribution in [0.1, 0.15) is 43.7 Å². The SMILES string of the molecule is CC(C(=O)NC1CCCC1)N(Cc1ccccc1F)C(=O)CSCc1ccccc1F. The van der Waals surface area contributed by atoms with E-state index in [1.807, 2.05) is 0 Å². The number of halogens is 2. The maximum absolute atomic E-state index is 14.2. The van der Waals surface area contributed by atoms with Crippen LogP contribution in [0.3, 0.4) is 0 Å². The van der Waals surface area contributed by atoms with Gasteiger partial charge in [0.1, 0.15) is 17.7 Å². The second-order valence-electron chi connectivity index (χ2n) is 7.86. The van der Waals surface area contributed by atoms with Crippen LogP contribution in [0, 0.1) is 11.6 Å². The molecule has 1 fully saturated rings. The van der Waals surface area contributed by atoms with Gasteiger partial charge in [-0.2, -0.15) is 0 Å². The Labute approximate surface area is 186 Å². The van der Waals surface area contributed by atoms with Gasteiger partial charge in [-0.1, -0.05) is 49.2 Å². The minimum atomic E-state index is -0.734. The molecule has 4 nitrogen and oxygen atoms in total. The lowest BCUT2D eigenvalue weighted by Gasteiger charge is -2.29. The van der Waals surface area contributed by atoms with E-state index < -0.39 is 11.9 Å². The molecule has 1 atom stereocenters. The van der Waals surface area contributed by atoms with Crippen LogP contribution in [0.4, 0.5) is 8.78 Å². The van der Waals surface area contributed by atoms with E-state index in [-0.39, 0.29) is 36.0 Å². The molecule has 0 aliphatic heterocycles. The predicted molar refractivity (Wildman–Crippen MR) is 119 cm³/mol. The summed E-state index contributed by atoms with van der Waals surface area (Å²) in [5, 5.41) is 3.02. The average Bonchev–Trinajstić information content (AvgIpc) is 3.27. The number of carbonyl (C=O) groups is 2. The number of nitrogens with one attached hydrogen (secondary N) is 1. The van der Waals surface area contributed by atoms with Gasteiger partial charge in [-0.25, -0.2) is 8.78 Å². The average molecular weight is 447 g/mol. The van der Waals surface area contributed by atoms with Crippen LogP contribution < -0.4 is 5.32 Å². The number of benzene rings is 2. The Hall–Kier alpha value is -2.41. The molecule has 2 aromatic rings. The molecule has 31 heavy (non-hydrogen) atoms. The molecule has 166 valence electrons. The summed E-state index contributed by atoms with van der Waals surface area (Å²) in [5.74, 6) is -0.814. The topological polar surface area (TPSA) is 49.4 Å². The third-order valence-corrected chi connectivity index (χ3v) is 6.57. The predicted octanol–water partition coefficient (Wildman–Crippen LogP) is 4.67. The molecule has 7 heteroatoms. The molecule has 3 rings (SSSR count). The summed E-state index contributed by atoms with van der Waals surface area (Å²) in [5.41, 5.74) is 0.878. The molecule has 1 N–H and O–H groups in total. The summed E-state index contributed by atoms with van der Waals surface area (Å²) in [6.45, 7) is 1.68. The molecule has 0 saturated heterocycles. The minimum Gasteiger partial charge on any atom is -0.352 e. The fraction of sp³-hybridized carbons (Fsp3) is 0.417. The third-order valence-electron chi connectivity index (χ3n) is 5.61. The van der Waals surface area contributed by atoms with E-state index in [1.54, 1.807) is 43.3 Å². The van der Waals surface area contributed by atoms with Crippen molar-refractivity contribution in [3.8, 4) is 0 Å². The van der Waals surface area contributed by atoms with Crippen molar-refractivity contribution in [2.24, 2.45) is 0 Å². The Kier molecular flexibility index (Phi) is 8.46. The van der Waals surface area contributed by atoms with Crippen LogP contribution in [-0.4, -0.2) is 34.6 Å². The number of hydrogen-bond donors (Lipinski definition) is 1. The maximum atomic E-state index is 14.2. The highest BCUT2D eigenvalue weighted by atomic mass is 32.2. The highest BCUT2D eigenvalue weighted by Gasteiger charge is 2.28. The van der Waals surface area contributed by atoms with Gasteiger partial charge in [0.05, 0.1) is 5.75 Å². The lowest BCUT2D eigenvalue weighted by Crippen LogP contribution is -2.50. The second kappa shape index (κ2) is 11.3. The zero-order valence-corrected chi connectivity index (χ0v) is 18.5. The van der Waals surface area contributed by atoms with Crippen molar-refractivity contribution < 1.29 is 18.4 Å². The van der Waals surface area contributed by atoms with Crippen molar-refractivity contribution in [2.45, 2.75) is 57.0 Å². The van der Waals surface area contributed by atoms with Gasteiger partial charge in [-0.15, -0.1) is 11.8 Å². The van der Waals surface area contributed by atoms with E-state index >= 15 is 0 Å². The van der Waals surface area contributed by atoms with Gasteiger partial charge in [0, 0.05) is 23.9 Å². The Morgan fingerprint density at radius 3 is 2.23 bits per heavy atom. The Bertz CT molecular complexity index is 903. The number of amides is 2. The first-order chi connectivity index (χ1) is 15.0. The van der Waals surface area contributed by atoms with Crippen LogP contribution in [-0.2, 0) is 21.9 Å². The van der Waals surface area contributed by atoms with Crippen LogP contribution >= 0.6 is 11.8 Å². The van der Waals surface area contributed by atoms with Crippen LogP contribution in [0.2, 0.25) is 0 Å². The monoisotopic (exact) mass is 446 g/mol. The molecular weight excluding hydrogens is 418 g/mol. The van der Waals surface area contributed by atoms with Gasteiger partial charge >= 0.3 is 0 Å². The van der Waals surface area contributed by atoms with Crippen molar-refractivity contribution >= 4 is 23.6 Å². The van der Waals surface area contributed by atoms with E-state index in [4.69, 9.17) is 0 Å². The summed E-state index contributed by atoms with van der Waals surface area (Å²) < 4.78 is 28.1. The normalized spacial score (nSPS) is 14.9. The lowest BCUT2D eigenvalue weighted by atomic mass is 10.1. The standard InChI is InChI=1S/C24H28F2N2O2S/c1-17(24(30)27-20-10-4-5-11-20)28(14-18-8-2-6-12-21(18)25)23(29)16-31-15-19-9-3-7-13-22(19)26/h2-3,6-9,12-13,17,20H,4-5,10-11,14-16H2,1H3,(H,27,30). The zero-order chi connectivity index (χ0) is 22.2. The number of hydrogen-bond acceptors (Lipinski definition) is 3. The molecule has 2 aromatic carbocycles. The number of carbonyl (C=O) groups excluding carboxylic acids is 2. The zero-order valence-electron chi connectivity index (χ0n) is 17.7. The van der Waals surface area contributed by atoms with E-state index in [0.717, 1.165) is 25.7 Å². The molecule has 1 aliphatic rings. The molecule has 2 amide bonds. The first-order valence-electron chi connectivity index (χ1n) is 10.6. The first-order valence-corrected chi connectivity index (χ1v) is 11.8. The van der Waals surface area contributed by atoms with E-state index in [0.29, 0.717) is 16.9 Å². The first kappa shape index (κ1) is 23.3. The van der Waals surface area contributed by atoms with Gasteiger partial charge in [-0.3, -0.25) is 9.59 Å². The highest BCUT2D eigenvalue weighted by Crippen LogP contribution is 2.20. The number of thioether (sulfide) groups is 1. The highest BCUT2D eigenvalue weighted by molar-refractivity contribution is 7.99. The number of rotatable bonds is 9. The van der Waals surface area contributed by atoms with Crippen molar-refractivity contribution in [2.75, 3.05) is 5.75 Å². The van der Waals surface area contributed by atoms with Crippen molar-refractivity contribution in [1.82, 2.24) is 10.2 Å². The van der Waals surface area contributed by atoms with Crippen LogP contribution in [0.15, 0.2) is 48.5 Å². The van der Waals surface area contributed by atoms with Gasteiger partial charge in [-0.05, 0) is 37.5 Å². The molecule has 1 saturated carbocycles. The fourth-order valence-electron chi connectivity index (χ4n) is 3.73. The van der Waals surface area contributed by atoms with Crippen molar-refractivity contribution in [3.63, 3.8) is 0 Å². The molecular formula is C24H28F2N2O2S. The Morgan fingerprint density at radius 2 is 1.61 bits per heavy atom. The number of nitrogens with zero attached hydrogens (tertiary/aromatic N) is 1. The quantitative estimate of drug-likeness (QED) is 0.609. The van der Waals surface area contributed by atoms with Crippen LogP contribution in [0.25, 0.3) is 0 Å². The molecule has 0 radical (unpaired) electrons. The fourth-order valence-corrected chi connectivity index (χ4v) is 4.63. The van der Waals surface area contributed by atoms with Crippen molar-refractivity contribution in [1.29, 1.82) is 0 Å². The summed E-state index contributed by atoms with van der Waals surface area (Å²) in [6, 6.07) is 12.1. The van der Waals surface area contributed by atoms with Crippen molar-refractivity contribution in [3.05, 3.63) is 71.3 Å². The van der Waals surface area contributed by atoms with E-state index in [1.165, 1.54) is 28.8 Å². The largest absolute Gasteiger partial charge is 0.352 e. The Balaban J connectivity index is 1.67. The minimum absolute atomic E-state index is 0.00498. The third kappa shape index (κ3) is 6.53. The maximum Gasteiger partial charge on any atom is 0.242 e. The Morgan fingerprint density at radius 1 is 1.03 bits per heavy atom. The summed E-state index contributed by atoms with van der Waals surface area (Å²) >= 11 is 1.28. The second-order valence-corrected chi connectivity index (χ2v) is 8.85. The van der Waals surface area contributed by atoms with E-state index in [9.17, 15) is 18.4 Å². The van der Waals surface area contributed by atoms with Gasteiger partial charge in [0.25, 0.3) is 0 Å². The summed E-state index contributed by atoms with van der Waals surface area (Å²) in [7, 11) is 0. The lowest BCUT2D eigenvalue weighted by molar-refractivity contribution is -0.139. The van der Waals surface area contributed by atoms with Gasteiger partial charge < -0.3 is 10.2 Å². The molecule has 1 unspecified atom stereocenters. The molecule has 0 heterocycles. The molecule has 0 spiro atoms. The summed E-state index contributed by atoms with van der Waals surface area (Å²) in [4.78, 5) is 27.2. The van der Waals surface area contributed by atoms with Crippen LogP contribution in [0.5, 0.6) is 0 Å². The smallest absolute Gasteiger partial charge is 0.242 e. The van der Waals surface area contributed by atoms with Gasteiger partial charge in [0.15, 0.2) is 0 Å².